The quantitative estimate of drug-likeness (QED) is 0.741. The van der Waals surface area contributed by atoms with Gasteiger partial charge in [0.15, 0.2) is 0 Å². The molecule has 0 saturated heterocycles. The van der Waals surface area contributed by atoms with Crippen LogP contribution >= 0.6 is 0 Å². The second-order valence-corrected chi connectivity index (χ2v) is 5.87. The molecule has 1 saturated carbocycles. The Morgan fingerprint density at radius 2 is 1.88 bits per heavy atom. The highest BCUT2D eigenvalue weighted by atomic mass is 16.1. The van der Waals surface area contributed by atoms with Gasteiger partial charge in [0, 0.05) is 12.6 Å². The molecule has 0 bridgehead atoms. The van der Waals surface area contributed by atoms with Gasteiger partial charge in [0.05, 0.1) is 5.92 Å². The molecule has 3 unspecified atom stereocenters. The Hall–Kier alpha value is -0.570. The third kappa shape index (κ3) is 4.66. The predicted molar refractivity (Wildman–Crippen MR) is 71.6 cm³/mol. The molecule has 1 fully saturated rings. The predicted octanol–water partition coefficient (Wildman–Crippen LogP) is 2.30. The summed E-state index contributed by atoms with van der Waals surface area (Å²) in [6, 6.07) is 0.0619. The number of rotatable bonds is 4. The highest BCUT2D eigenvalue weighted by molar-refractivity contribution is 5.79. The molecule has 1 aliphatic carbocycles. The minimum absolute atomic E-state index is 0.0388. The van der Waals surface area contributed by atoms with Crippen molar-refractivity contribution >= 4 is 5.91 Å². The molecule has 3 nitrogen and oxygen atoms in total. The monoisotopic (exact) mass is 240 g/mol. The summed E-state index contributed by atoms with van der Waals surface area (Å²) in [6.07, 6.45) is 5.50. The molecular weight excluding hydrogens is 212 g/mol. The van der Waals surface area contributed by atoms with E-state index in [1.807, 2.05) is 0 Å². The van der Waals surface area contributed by atoms with E-state index in [9.17, 15) is 4.79 Å². The van der Waals surface area contributed by atoms with E-state index in [-0.39, 0.29) is 17.9 Å². The number of nitrogens with one attached hydrogen (secondary N) is 1. The highest BCUT2D eigenvalue weighted by Gasteiger charge is 2.27. The number of nitrogens with two attached hydrogens (primary N) is 1. The molecule has 0 aliphatic heterocycles. The number of carbonyl (C=O) groups is 1. The zero-order valence-corrected chi connectivity index (χ0v) is 11.5. The van der Waals surface area contributed by atoms with E-state index in [0.29, 0.717) is 11.8 Å². The molecule has 1 amide bonds. The van der Waals surface area contributed by atoms with Crippen LogP contribution in [0.2, 0.25) is 0 Å². The summed E-state index contributed by atoms with van der Waals surface area (Å²) in [5, 5.41) is 3.07. The Morgan fingerprint density at radius 3 is 2.53 bits per heavy atom. The van der Waals surface area contributed by atoms with Crippen molar-refractivity contribution in [3.8, 4) is 0 Å². The van der Waals surface area contributed by atoms with Gasteiger partial charge in [0.1, 0.15) is 0 Å². The van der Waals surface area contributed by atoms with Crippen molar-refractivity contribution in [3.05, 3.63) is 0 Å². The van der Waals surface area contributed by atoms with Gasteiger partial charge in [-0.05, 0) is 24.7 Å². The first-order valence-electron chi connectivity index (χ1n) is 7.05. The second-order valence-electron chi connectivity index (χ2n) is 5.87. The van der Waals surface area contributed by atoms with Crippen LogP contribution in [0.4, 0.5) is 0 Å². The Morgan fingerprint density at radius 1 is 1.24 bits per heavy atom. The van der Waals surface area contributed by atoms with Crippen LogP contribution in [0.3, 0.4) is 0 Å². The van der Waals surface area contributed by atoms with Gasteiger partial charge < -0.3 is 11.1 Å². The highest BCUT2D eigenvalue weighted by Crippen LogP contribution is 2.22. The van der Waals surface area contributed by atoms with Crippen LogP contribution in [-0.4, -0.2) is 18.5 Å². The molecule has 3 atom stereocenters. The topological polar surface area (TPSA) is 55.1 Å². The lowest BCUT2D eigenvalue weighted by Crippen LogP contribution is -2.42. The van der Waals surface area contributed by atoms with Crippen molar-refractivity contribution < 1.29 is 4.79 Å². The Bertz CT molecular complexity index is 240. The first kappa shape index (κ1) is 14.5. The molecule has 100 valence electrons. The van der Waals surface area contributed by atoms with Crippen LogP contribution in [0.15, 0.2) is 0 Å². The van der Waals surface area contributed by atoms with E-state index >= 15 is 0 Å². The standard InChI is InChI=1S/C14H28N2O/c1-10(2)11(3)9-16-14(17)12-7-5-4-6-8-13(12)15/h10-13H,4-9,15H2,1-3H3,(H,16,17). The van der Waals surface area contributed by atoms with E-state index in [2.05, 4.69) is 26.1 Å². The average Bonchev–Trinajstić information content (AvgIpc) is 2.50. The van der Waals surface area contributed by atoms with Crippen LogP contribution in [0, 0.1) is 17.8 Å². The van der Waals surface area contributed by atoms with Gasteiger partial charge in [-0.1, -0.05) is 40.0 Å². The Labute approximate surface area is 106 Å². The summed E-state index contributed by atoms with van der Waals surface area (Å²) < 4.78 is 0. The normalized spacial score (nSPS) is 27.6. The molecule has 0 aromatic heterocycles. The van der Waals surface area contributed by atoms with Crippen molar-refractivity contribution in [2.75, 3.05) is 6.54 Å². The number of carbonyl (C=O) groups excluding carboxylic acids is 1. The lowest BCUT2D eigenvalue weighted by molar-refractivity contribution is -0.126. The first-order chi connectivity index (χ1) is 8.02. The lowest BCUT2D eigenvalue weighted by atomic mass is 9.93. The minimum Gasteiger partial charge on any atom is -0.356 e. The van der Waals surface area contributed by atoms with Crippen LogP contribution in [0.5, 0.6) is 0 Å². The Balaban J connectivity index is 2.40. The van der Waals surface area contributed by atoms with Crippen LogP contribution < -0.4 is 11.1 Å². The van der Waals surface area contributed by atoms with E-state index in [1.54, 1.807) is 0 Å². The summed E-state index contributed by atoms with van der Waals surface area (Å²) in [4.78, 5) is 12.1. The summed E-state index contributed by atoms with van der Waals surface area (Å²) in [6.45, 7) is 7.33. The fraction of sp³-hybridized carbons (Fsp3) is 0.929. The molecule has 0 aromatic carbocycles. The zero-order valence-electron chi connectivity index (χ0n) is 11.5. The first-order valence-corrected chi connectivity index (χ1v) is 7.05. The summed E-state index contributed by atoms with van der Waals surface area (Å²) in [5.41, 5.74) is 6.09. The molecule has 1 rings (SSSR count). The van der Waals surface area contributed by atoms with Crippen molar-refractivity contribution in [2.24, 2.45) is 23.5 Å². The fourth-order valence-corrected chi connectivity index (χ4v) is 2.29. The van der Waals surface area contributed by atoms with Crippen molar-refractivity contribution in [2.45, 2.75) is 58.9 Å². The van der Waals surface area contributed by atoms with Gasteiger partial charge in [0.2, 0.25) is 5.91 Å². The number of hydrogen-bond donors (Lipinski definition) is 2. The van der Waals surface area contributed by atoms with Crippen LogP contribution in [0.1, 0.15) is 52.9 Å². The number of amides is 1. The maximum atomic E-state index is 12.1. The molecule has 3 N–H and O–H groups in total. The third-order valence-electron chi connectivity index (χ3n) is 4.14. The summed E-state index contributed by atoms with van der Waals surface area (Å²) in [7, 11) is 0. The summed E-state index contributed by atoms with van der Waals surface area (Å²) >= 11 is 0. The van der Waals surface area contributed by atoms with Gasteiger partial charge in [-0.3, -0.25) is 4.79 Å². The lowest BCUT2D eigenvalue weighted by Gasteiger charge is -2.22. The molecule has 1 aliphatic rings. The zero-order chi connectivity index (χ0) is 12.8. The van der Waals surface area contributed by atoms with Crippen molar-refractivity contribution in [1.29, 1.82) is 0 Å². The maximum Gasteiger partial charge on any atom is 0.224 e. The molecule has 3 heteroatoms. The largest absolute Gasteiger partial charge is 0.356 e. The number of hydrogen-bond acceptors (Lipinski definition) is 2. The smallest absolute Gasteiger partial charge is 0.224 e. The average molecular weight is 240 g/mol. The van der Waals surface area contributed by atoms with Crippen molar-refractivity contribution in [1.82, 2.24) is 5.32 Å². The van der Waals surface area contributed by atoms with Crippen LogP contribution in [-0.2, 0) is 4.79 Å². The van der Waals surface area contributed by atoms with E-state index in [1.165, 1.54) is 12.8 Å². The molecular formula is C14H28N2O. The van der Waals surface area contributed by atoms with E-state index in [0.717, 1.165) is 25.8 Å². The fourth-order valence-electron chi connectivity index (χ4n) is 2.29. The van der Waals surface area contributed by atoms with E-state index < -0.39 is 0 Å². The SMILES string of the molecule is CC(C)C(C)CNC(=O)C1CCCCCC1N. The second kappa shape index (κ2) is 7.00. The van der Waals surface area contributed by atoms with Gasteiger partial charge in [-0.15, -0.1) is 0 Å². The molecule has 0 spiro atoms. The molecule has 0 radical (unpaired) electrons. The Kier molecular flexibility index (Phi) is 5.96. The van der Waals surface area contributed by atoms with Gasteiger partial charge in [-0.25, -0.2) is 0 Å². The third-order valence-corrected chi connectivity index (χ3v) is 4.14. The van der Waals surface area contributed by atoms with Crippen molar-refractivity contribution in [3.63, 3.8) is 0 Å². The minimum atomic E-state index is 0.0388. The molecule has 0 heterocycles. The van der Waals surface area contributed by atoms with Gasteiger partial charge >= 0.3 is 0 Å². The maximum absolute atomic E-state index is 12.1. The van der Waals surface area contributed by atoms with E-state index in [4.69, 9.17) is 5.73 Å². The summed E-state index contributed by atoms with van der Waals surface area (Å²) in [5.74, 6) is 1.35. The van der Waals surface area contributed by atoms with Gasteiger partial charge in [0.25, 0.3) is 0 Å². The molecule has 0 aromatic rings. The molecule has 17 heavy (non-hydrogen) atoms. The van der Waals surface area contributed by atoms with Gasteiger partial charge in [-0.2, -0.15) is 0 Å². The van der Waals surface area contributed by atoms with Crippen LogP contribution in [0.25, 0.3) is 0 Å².